The molecule has 21 heavy (non-hydrogen) atoms. The Morgan fingerprint density at radius 1 is 1.00 bits per heavy atom. The summed E-state index contributed by atoms with van der Waals surface area (Å²) in [4.78, 5) is 0.311. The smallest absolute Gasteiger partial charge is 0.207 e. The van der Waals surface area contributed by atoms with E-state index in [1.54, 1.807) is 12.1 Å². The van der Waals surface area contributed by atoms with Gasteiger partial charge in [0.25, 0.3) is 0 Å². The second-order valence-corrected chi connectivity index (χ2v) is 6.96. The van der Waals surface area contributed by atoms with E-state index >= 15 is 0 Å². The molecule has 2 aromatic rings. The molecule has 0 heterocycles. The fraction of sp³-hybridized carbons (Fsp3) is 0.294. The first-order valence-corrected chi connectivity index (χ1v) is 8.65. The molecule has 2 aromatic carbocycles. The number of sulfonamides is 1. The molecule has 0 aliphatic heterocycles. The zero-order chi connectivity index (χ0) is 15.3. The van der Waals surface area contributed by atoms with E-state index in [1.807, 2.05) is 42.5 Å². The van der Waals surface area contributed by atoms with Gasteiger partial charge in [0.2, 0.25) is 10.0 Å². The molecule has 0 radical (unpaired) electrons. The standard InChI is InChI=1S/C17H21NO2S/c1-3-14(2)16-9-11-17(12-10-16)21(19,20)18-13-15-7-5-4-6-8-15/h4-12,14,18H,3,13H2,1-2H3. The molecule has 0 spiro atoms. The summed E-state index contributed by atoms with van der Waals surface area (Å²) in [6.07, 6.45) is 1.04. The van der Waals surface area contributed by atoms with E-state index in [-0.39, 0.29) is 0 Å². The van der Waals surface area contributed by atoms with E-state index in [4.69, 9.17) is 0 Å². The van der Waals surface area contributed by atoms with Gasteiger partial charge in [0.1, 0.15) is 0 Å². The van der Waals surface area contributed by atoms with Crippen LogP contribution in [0.15, 0.2) is 59.5 Å². The Balaban J connectivity index is 2.09. The summed E-state index contributed by atoms with van der Waals surface area (Å²) in [5.74, 6) is 0.444. The second kappa shape index (κ2) is 6.87. The normalized spacial score (nSPS) is 13.0. The minimum absolute atomic E-state index is 0.302. The van der Waals surface area contributed by atoms with Crippen molar-refractivity contribution in [2.24, 2.45) is 0 Å². The van der Waals surface area contributed by atoms with Gasteiger partial charge in [0.15, 0.2) is 0 Å². The van der Waals surface area contributed by atoms with E-state index in [9.17, 15) is 8.42 Å². The molecule has 1 N–H and O–H groups in total. The van der Waals surface area contributed by atoms with Crippen molar-refractivity contribution in [2.45, 2.75) is 37.6 Å². The topological polar surface area (TPSA) is 46.2 Å². The van der Waals surface area contributed by atoms with Gasteiger partial charge in [0.05, 0.1) is 4.90 Å². The molecular formula is C17H21NO2S. The predicted octanol–water partition coefficient (Wildman–Crippen LogP) is 3.68. The van der Waals surface area contributed by atoms with Gasteiger partial charge in [-0.2, -0.15) is 0 Å². The molecule has 0 aliphatic carbocycles. The Labute approximate surface area is 127 Å². The SMILES string of the molecule is CCC(C)c1ccc(S(=O)(=O)NCc2ccccc2)cc1. The first kappa shape index (κ1) is 15.7. The summed E-state index contributed by atoms with van der Waals surface area (Å²) in [7, 11) is -3.46. The molecule has 3 nitrogen and oxygen atoms in total. The molecule has 0 aromatic heterocycles. The summed E-state index contributed by atoms with van der Waals surface area (Å²) < 4.78 is 27.1. The molecule has 0 bridgehead atoms. The number of hydrogen-bond acceptors (Lipinski definition) is 2. The van der Waals surface area contributed by atoms with Crippen molar-refractivity contribution in [1.82, 2.24) is 4.72 Å². The lowest BCUT2D eigenvalue weighted by molar-refractivity contribution is 0.581. The van der Waals surface area contributed by atoms with Crippen LogP contribution >= 0.6 is 0 Å². The fourth-order valence-electron chi connectivity index (χ4n) is 2.07. The average Bonchev–Trinajstić information content (AvgIpc) is 2.53. The largest absolute Gasteiger partial charge is 0.240 e. The molecule has 1 unspecified atom stereocenters. The van der Waals surface area contributed by atoms with Gasteiger partial charge in [-0.25, -0.2) is 13.1 Å². The highest BCUT2D eigenvalue weighted by molar-refractivity contribution is 7.89. The van der Waals surface area contributed by atoms with Gasteiger partial charge in [-0.15, -0.1) is 0 Å². The van der Waals surface area contributed by atoms with Crippen molar-refractivity contribution in [3.63, 3.8) is 0 Å². The van der Waals surface area contributed by atoms with Crippen LogP contribution in [0.2, 0.25) is 0 Å². The molecule has 2 rings (SSSR count). The van der Waals surface area contributed by atoms with E-state index in [0.29, 0.717) is 17.4 Å². The van der Waals surface area contributed by atoms with Gasteiger partial charge in [-0.3, -0.25) is 0 Å². The number of nitrogens with one attached hydrogen (secondary N) is 1. The molecule has 112 valence electrons. The van der Waals surface area contributed by atoms with Crippen molar-refractivity contribution in [3.05, 3.63) is 65.7 Å². The Kier molecular flexibility index (Phi) is 5.15. The van der Waals surface area contributed by atoms with E-state index in [1.165, 1.54) is 5.56 Å². The van der Waals surface area contributed by atoms with Crippen molar-refractivity contribution >= 4 is 10.0 Å². The number of benzene rings is 2. The molecule has 0 fully saturated rings. The van der Waals surface area contributed by atoms with Crippen LogP contribution in [0.25, 0.3) is 0 Å². The van der Waals surface area contributed by atoms with Crippen LogP contribution in [0.1, 0.15) is 37.3 Å². The van der Waals surface area contributed by atoms with Gasteiger partial charge in [0, 0.05) is 6.54 Å². The average molecular weight is 303 g/mol. The van der Waals surface area contributed by atoms with Gasteiger partial charge >= 0.3 is 0 Å². The first-order chi connectivity index (χ1) is 10.0. The molecule has 1 atom stereocenters. The maximum Gasteiger partial charge on any atom is 0.240 e. The Morgan fingerprint density at radius 3 is 2.19 bits per heavy atom. The Morgan fingerprint density at radius 2 is 1.62 bits per heavy atom. The lowest BCUT2D eigenvalue weighted by Crippen LogP contribution is -2.23. The second-order valence-electron chi connectivity index (χ2n) is 5.19. The Bertz CT molecular complexity index is 664. The summed E-state index contributed by atoms with van der Waals surface area (Å²) in [5.41, 5.74) is 2.11. The fourth-order valence-corrected chi connectivity index (χ4v) is 3.09. The minimum atomic E-state index is -3.46. The van der Waals surface area contributed by atoms with Gasteiger partial charge in [-0.1, -0.05) is 56.3 Å². The lowest BCUT2D eigenvalue weighted by Gasteiger charge is -2.11. The molecule has 0 saturated heterocycles. The highest BCUT2D eigenvalue weighted by atomic mass is 32.2. The molecule has 0 amide bonds. The van der Waals surface area contributed by atoms with Crippen molar-refractivity contribution < 1.29 is 8.42 Å². The van der Waals surface area contributed by atoms with Crippen LogP contribution in [-0.4, -0.2) is 8.42 Å². The zero-order valence-electron chi connectivity index (χ0n) is 12.4. The lowest BCUT2D eigenvalue weighted by atomic mass is 9.99. The van der Waals surface area contributed by atoms with Crippen molar-refractivity contribution in [2.75, 3.05) is 0 Å². The van der Waals surface area contributed by atoms with Crippen LogP contribution in [0.5, 0.6) is 0 Å². The maximum atomic E-state index is 12.2. The summed E-state index contributed by atoms with van der Waals surface area (Å²) in [6, 6.07) is 16.6. The molecule has 0 saturated carbocycles. The van der Waals surface area contributed by atoms with E-state index in [0.717, 1.165) is 12.0 Å². The van der Waals surface area contributed by atoms with Crippen molar-refractivity contribution in [1.29, 1.82) is 0 Å². The Hall–Kier alpha value is -1.65. The van der Waals surface area contributed by atoms with Crippen molar-refractivity contribution in [3.8, 4) is 0 Å². The van der Waals surface area contributed by atoms with Crippen LogP contribution in [-0.2, 0) is 16.6 Å². The highest BCUT2D eigenvalue weighted by Gasteiger charge is 2.14. The summed E-state index contributed by atoms with van der Waals surface area (Å²) in [5, 5.41) is 0. The molecule has 4 heteroatoms. The quantitative estimate of drug-likeness (QED) is 0.885. The first-order valence-electron chi connectivity index (χ1n) is 7.16. The minimum Gasteiger partial charge on any atom is -0.207 e. The maximum absolute atomic E-state index is 12.2. The van der Waals surface area contributed by atoms with Crippen LogP contribution in [0.3, 0.4) is 0 Å². The number of hydrogen-bond donors (Lipinski definition) is 1. The van der Waals surface area contributed by atoms with Crippen LogP contribution in [0, 0.1) is 0 Å². The van der Waals surface area contributed by atoms with E-state index < -0.39 is 10.0 Å². The number of rotatable bonds is 6. The van der Waals surface area contributed by atoms with E-state index in [2.05, 4.69) is 18.6 Å². The third kappa shape index (κ3) is 4.16. The zero-order valence-corrected chi connectivity index (χ0v) is 13.2. The summed E-state index contributed by atoms with van der Waals surface area (Å²) in [6.45, 7) is 4.56. The predicted molar refractivity (Wildman–Crippen MR) is 85.6 cm³/mol. The van der Waals surface area contributed by atoms with Crippen LogP contribution in [0.4, 0.5) is 0 Å². The summed E-state index contributed by atoms with van der Waals surface area (Å²) >= 11 is 0. The van der Waals surface area contributed by atoms with Gasteiger partial charge < -0.3 is 0 Å². The molecular weight excluding hydrogens is 282 g/mol. The van der Waals surface area contributed by atoms with Gasteiger partial charge in [-0.05, 0) is 35.6 Å². The third-order valence-corrected chi connectivity index (χ3v) is 5.10. The monoisotopic (exact) mass is 303 g/mol. The highest BCUT2D eigenvalue weighted by Crippen LogP contribution is 2.20. The van der Waals surface area contributed by atoms with Crippen LogP contribution < -0.4 is 4.72 Å². The molecule has 0 aliphatic rings. The third-order valence-electron chi connectivity index (χ3n) is 3.68.